The molecule has 0 spiro atoms. The molecule has 2 N–H and O–H groups in total. The van der Waals surface area contributed by atoms with Crippen LogP contribution in [0.25, 0.3) is 0 Å². The summed E-state index contributed by atoms with van der Waals surface area (Å²) in [6.45, 7) is 0.706. The quantitative estimate of drug-likeness (QED) is 0.671. The number of amides is 4. The number of rotatable bonds is 6. The number of nitrogens with one attached hydrogen (secondary N) is 2. The van der Waals surface area contributed by atoms with Crippen molar-refractivity contribution in [2.24, 2.45) is 5.92 Å². The third-order valence-corrected chi connectivity index (χ3v) is 6.29. The maximum atomic E-state index is 13.5. The summed E-state index contributed by atoms with van der Waals surface area (Å²) in [6.07, 6.45) is 0.942. The van der Waals surface area contributed by atoms with Gasteiger partial charge in [0.2, 0.25) is 18.6 Å². The normalized spacial score (nSPS) is 21.3. The molecule has 3 heterocycles. The highest BCUT2D eigenvalue weighted by Crippen LogP contribution is 2.34. The van der Waals surface area contributed by atoms with E-state index >= 15 is 0 Å². The molecule has 3 aliphatic rings. The maximum absolute atomic E-state index is 13.5. The van der Waals surface area contributed by atoms with Crippen molar-refractivity contribution in [3.05, 3.63) is 48.0 Å². The number of nitrogens with zero attached hydrogens (tertiary/aromatic N) is 2. The molecule has 178 valence electrons. The summed E-state index contributed by atoms with van der Waals surface area (Å²) < 4.78 is 16.1. The largest absolute Gasteiger partial charge is 0.495 e. The monoisotopic (exact) mass is 466 g/mol. The minimum Gasteiger partial charge on any atom is -0.495 e. The molecule has 34 heavy (non-hydrogen) atoms. The molecule has 0 saturated carbocycles. The highest BCUT2D eigenvalue weighted by molar-refractivity contribution is 6.01. The van der Waals surface area contributed by atoms with Crippen molar-refractivity contribution in [3.8, 4) is 17.2 Å². The summed E-state index contributed by atoms with van der Waals surface area (Å²) in [6, 6.07) is 11.9. The van der Waals surface area contributed by atoms with Crippen LogP contribution in [-0.2, 0) is 16.1 Å². The molecule has 2 aromatic carbocycles. The van der Waals surface area contributed by atoms with Gasteiger partial charge in [0, 0.05) is 0 Å². The second-order valence-electron chi connectivity index (χ2n) is 8.42. The Labute approximate surface area is 196 Å². The van der Waals surface area contributed by atoms with Gasteiger partial charge in [-0.2, -0.15) is 0 Å². The Bertz CT molecular complexity index is 1120. The molecular weight excluding hydrogens is 440 g/mol. The summed E-state index contributed by atoms with van der Waals surface area (Å²) in [7, 11) is 1.52. The Balaban J connectivity index is 1.36. The Morgan fingerprint density at radius 2 is 2.00 bits per heavy atom. The second kappa shape index (κ2) is 9.22. The molecule has 0 radical (unpaired) electrons. The Morgan fingerprint density at radius 3 is 2.85 bits per heavy atom. The first-order valence-corrected chi connectivity index (χ1v) is 11.2. The number of carbonyl (C=O) groups is 3. The fourth-order valence-corrected chi connectivity index (χ4v) is 4.65. The third kappa shape index (κ3) is 4.12. The zero-order chi connectivity index (χ0) is 23.7. The molecule has 10 nitrogen and oxygen atoms in total. The van der Waals surface area contributed by atoms with Gasteiger partial charge in [-0.05, 0) is 49.2 Å². The predicted octanol–water partition coefficient (Wildman–Crippen LogP) is 2.15. The zero-order valence-electron chi connectivity index (χ0n) is 18.8. The molecule has 0 aliphatic carbocycles. The van der Waals surface area contributed by atoms with Gasteiger partial charge in [-0.1, -0.05) is 18.2 Å². The van der Waals surface area contributed by atoms with E-state index in [0.29, 0.717) is 35.9 Å². The molecule has 2 saturated heterocycles. The van der Waals surface area contributed by atoms with Gasteiger partial charge in [-0.15, -0.1) is 0 Å². The number of para-hydroxylation sites is 2. The van der Waals surface area contributed by atoms with Crippen LogP contribution in [0.15, 0.2) is 42.5 Å². The van der Waals surface area contributed by atoms with E-state index in [1.54, 1.807) is 42.5 Å². The number of anilines is 1. The van der Waals surface area contributed by atoms with Gasteiger partial charge < -0.3 is 19.5 Å². The molecule has 10 heteroatoms. The average molecular weight is 466 g/mol. The maximum Gasteiger partial charge on any atom is 0.328 e. The average Bonchev–Trinajstić information content (AvgIpc) is 3.33. The van der Waals surface area contributed by atoms with Crippen molar-refractivity contribution < 1.29 is 28.6 Å². The summed E-state index contributed by atoms with van der Waals surface area (Å²) in [5.41, 5.74) is 1.26. The van der Waals surface area contributed by atoms with Crippen LogP contribution in [0.1, 0.15) is 18.4 Å². The Hall–Kier alpha value is -3.79. The van der Waals surface area contributed by atoms with Crippen molar-refractivity contribution in [2.45, 2.75) is 25.6 Å². The molecule has 2 unspecified atom stereocenters. The number of ether oxygens (including phenoxy) is 3. The number of imide groups is 1. The van der Waals surface area contributed by atoms with Gasteiger partial charge in [0.15, 0.2) is 11.5 Å². The molecule has 2 atom stereocenters. The number of piperidine rings is 1. The summed E-state index contributed by atoms with van der Waals surface area (Å²) in [5, 5.41) is 6.07. The molecule has 0 aromatic heterocycles. The van der Waals surface area contributed by atoms with E-state index in [-0.39, 0.29) is 31.7 Å². The molecule has 2 fully saturated rings. The van der Waals surface area contributed by atoms with Crippen LogP contribution >= 0.6 is 0 Å². The number of urea groups is 1. The van der Waals surface area contributed by atoms with Crippen LogP contribution < -0.4 is 24.8 Å². The lowest BCUT2D eigenvalue weighted by atomic mass is 9.91. The van der Waals surface area contributed by atoms with E-state index in [4.69, 9.17) is 14.2 Å². The van der Waals surface area contributed by atoms with Crippen LogP contribution in [0.2, 0.25) is 0 Å². The van der Waals surface area contributed by atoms with Gasteiger partial charge in [-0.3, -0.25) is 24.7 Å². The highest BCUT2D eigenvalue weighted by atomic mass is 16.7. The molecular formula is C24H26N4O6. The number of hydrogen-bond acceptors (Lipinski definition) is 7. The lowest BCUT2D eigenvalue weighted by molar-refractivity contribution is -0.143. The minimum atomic E-state index is -0.523. The molecule has 3 aliphatic heterocycles. The van der Waals surface area contributed by atoms with Crippen LogP contribution in [0.3, 0.4) is 0 Å². The molecule has 4 amide bonds. The van der Waals surface area contributed by atoms with Gasteiger partial charge >= 0.3 is 6.03 Å². The minimum absolute atomic E-state index is 0.0855. The third-order valence-electron chi connectivity index (χ3n) is 6.29. The van der Waals surface area contributed by atoms with Crippen molar-refractivity contribution in [3.63, 3.8) is 0 Å². The van der Waals surface area contributed by atoms with Gasteiger partial charge in [0.1, 0.15) is 12.3 Å². The number of methoxy groups -OCH3 is 1. The van der Waals surface area contributed by atoms with Gasteiger partial charge in [0.05, 0.1) is 31.4 Å². The Morgan fingerprint density at radius 1 is 1.18 bits per heavy atom. The first-order chi connectivity index (χ1) is 16.5. The SMILES string of the molecule is COc1ccccc1NC(=O)CN1C(=O)N(Cc2ccc3c(c2)OCO3)C(=O)C2CCCNC21. The van der Waals surface area contributed by atoms with Crippen LogP contribution in [0.5, 0.6) is 17.2 Å². The Kier molecular flexibility index (Phi) is 5.97. The van der Waals surface area contributed by atoms with Crippen molar-refractivity contribution in [1.29, 1.82) is 0 Å². The standard InChI is InChI=1S/C24H26N4O6/c1-32-18-7-3-2-6-17(18)26-21(29)13-27-22-16(5-4-10-25-22)23(30)28(24(27)31)12-15-8-9-19-20(11-15)34-14-33-19/h2-3,6-9,11,16,22,25H,4-5,10,12-14H2,1H3,(H,26,29). The fourth-order valence-electron chi connectivity index (χ4n) is 4.65. The summed E-state index contributed by atoms with van der Waals surface area (Å²) in [4.78, 5) is 42.3. The number of benzene rings is 2. The van der Waals surface area contributed by atoms with Gasteiger partial charge in [-0.25, -0.2) is 4.79 Å². The number of fused-ring (bicyclic) bond motifs is 2. The highest BCUT2D eigenvalue weighted by Gasteiger charge is 2.47. The predicted molar refractivity (Wildman–Crippen MR) is 121 cm³/mol. The molecule has 5 rings (SSSR count). The van der Waals surface area contributed by atoms with E-state index in [0.717, 1.165) is 12.0 Å². The lowest BCUT2D eigenvalue weighted by Gasteiger charge is -2.46. The smallest absolute Gasteiger partial charge is 0.328 e. The number of hydrogen-bond donors (Lipinski definition) is 2. The lowest BCUT2D eigenvalue weighted by Crippen LogP contribution is -2.68. The van der Waals surface area contributed by atoms with E-state index in [1.165, 1.54) is 16.9 Å². The second-order valence-corrected chi connectivity index (χ2v) is 8.42. The van der Waals surface area contributed by atoms with Crippen molar-refractivity contribution in [1.82, 2.24) is 15.1 Å². The fraction of sp³-hybridized carbons (Fsp3) is 0.375. The van der Waals surface area contributed by atoms with Crippen molar-refractivity contribution in [2.75, 3.05) is 32.3 Å². The first kappa shape index (κ1) is 22.0. The molecule has 2 aromatic rings. The van der Waals surface area contributed by atoms with E-state index in [2.05, 4.69) is 10.6 Å². The number of carbonyl (C=O) groups excluding carboxylic acids is 3. The van der Waals surface area contributed by atoms with Crippen LogP contribution in [0, 0.1) is 5.92 Å². The summed E-state index contributed by atoms with van der Waals surface area (Å²) >= 11 is 0. The zero-order valence-corrected chi connectivity index (χ0v) is 18.8. The van der Waals surface area contributed by atoms with E-state index in [9.17, 15) is 14.4 Å². The van der Waals surface area contributed by atoms with Crippen LogP contribution in [0.4, 0.5) is 10.5 Å². The summed E-state index contributed by atoms with van der Waals surface area (Å²) in [5.74, 6) is 0.710. The topological polar surface area (TPSA) is 109 Å². The van der Waals surface area contributed by atoms with Crippen LogP contribution in [-0.4, -0.2) is 60.8 Å². The van der Waals surface area contributed by atoms with E-state index in [1.807, 2.05) is 0 Å². The van der Waals surface area contributed by atoms with Crippen molar-refractivity contribution >= 4 is 23.5 Å². The molecule has 0 bridgehead atoms. The van der Waals surface area contributed by atoms with E-state index < -0.39 is 18.1 Å². The van der Waals surface area contributed by atoms with Gasteiger partial charge in [0.25, 0.3) is 0 Å². The first-order valence-electron chi connectivity index (χ1n) is 11.2.